The first kappa shape index (κ1) is 15.2. The molecule has 3 rings (SSSR count). The molecule has 0 spiro atoms. The Kier molecular flexibility index (Phi) is 4.12. The van der Waals surface area contributed by atoms with Crippen molar-refractivity contribution in [3.05, 3.63) is 59.4 Å². The Morgan fingerprint density at radius 2 is 2.00 bits per heavy atom. The van der Waals surface area contributed by atoms with Gasteiger partial charge in [-0.1, -0.05) is 23.7 Å². The van der Waals surface area contributed by atoms with Gasteiger partial charge in [0, 0.05) is 23.7 Å². The third kappa shape index (κ3) is 2.96. The summed E-state index contributed by atoms with van der Waals surface area (Å²) in [7, 11) is 3.17. The van der Waals surface area contributed by atoms with Crippen molar-refractivity contribution in [1.29, 1.82) is 0 Å². The summed E-state index contributed by atoms with van der Waals surface area (Å²) in [6, 6.07) is 12.4. The minimum atomic E-state index is -0.252. The third-order valence-corrected chi connectivity index (χ3v) is 3.72. The van der Waals surface area contributed by atoms with Crippen LogP contribution in [0.3, 0.4) is 0 Å². The maximum atomic E-state index is 12.7. The first-order valence-corrected chi connectivity index (χ1v) is 7.31. The maximum Gasteiger partial charge on any atom is 0.276 e. The number of benzene rings is 1. The van der Waals surface area contributed by atoms with E-state index >= 15 is 0 Å². The van der Waals surface area contributed by atoms with Crippen LogP contribution in [0.1, 0.15) is 10.5 Å². The monoisotopic (exact) mass is 327 g/mol. The lowest BCUT2D eigenvalue weighted by Crippen LogP contribution is -2.27. The molecule has 0 unspecified atom stereocenters. The predicted molar refractivity (Wildman–Crippen MR) is 90.3 cm³/mol. The molecule has 0 radical (unpaired) electrons. The molecule has 6 heteroatoms. The molecular formula is C17H14ClN3O2. The van der Waals surface area contributed by atoms with Crippen molar-refractivity contribution in [2.45, 2.75) is 0 Å². The Hall–Kier alpha value is -2.66. The molecule has 23 heavy (non-hydrogen) atoms. The van der Waals surface area contributed by atoms with Crippen LogP contribution >= 0.6 is 11.6 Å². The van der Waals surface area contributed by atoms with E-state index in [-0.39, 0.29) is 5.91 Å². The Balaban J connectivity index is 1.99. The van der Waals surface area contributed by atoms with Gasteiger partial charge in [-0.2, -0.15) is 0 Å². The lowest BCUT2D eigenvalue weighted by molar-refractivity contribution is 0.0988. The Labute approximate surface area is 138 Å². The molecule has 0 N–H and O–H groups in total. The molecular weight excluding hydrogens is 314 g/mol. The third-order valence-electron chi connectivity index (χ3n) is 3.48. The molecule has 0 fully saturated rings. The van der Waals surface area contributed by atoms with Gasteiger partial charge in [0.2, 0.25) is 5.88 Å². The predicted octanol–water partition coefficient (Wildman–Crippen LogP) is 3.57. The summed E-state index contributed by atoms with van der Waals surface area (Å²) in [4.78, 5) is 22.7. The van der Waals surface area contributed by atoms with Crippen molar-refractivity contribution in [2.75, 3.05) is 19.1 Å². The topological polar surface area (TPSA) is 55.3 Å². The van der Waals surface area contributed by atoms with Crippen molar-refractivity contribution in [3.63, 3.8) is 0 Å². The van der Waals surface area contributed by atoms with Crippen LogP contribution in [0.4, 0.5) is 5.69 Å². The molecule has 1 amide bonds. The fourth-order valence-corrected chi connectivity index (χ4v) is 2.45. The van der Waals surface area contributed by atoms with Crippen molar-refractivity contribution < 1.29 is 9.53 Å². The molecule has 116 valence electrons. The SMILES string of the molecule is COc1ncccc1N(C)C(=O)c1ccc2ccc(Cl)cc2n1. The average Bonchev–Trinajstić information content (AvgIpc) is 2.59. The van der Waals surface area contributed by atoms with Crippen LogP contribution in [0.2, 0.25) is 5.02 Å². The van der Waals surface area contributed by atoms with E-state index < -0.39 is 0 Å². The summed E-state index contributed by atoms with van der Waals surface area (Å²) in [5, 5.41) is 1.50. The lowest BCUT2D eigenvalue weighted by atomic mass is 10.2. The lowest BCUT2D eigenvalue weighted by Gasteiger charge is -2.18. The number of hydrogen-bond donors (Lipinski definition) is 0. The molecule has 0 saturated carbocycles. The van der Waals surface area contributed by atoms with Gasteiger partial charge in [-0.05, 0) is 30.3 Å². The van der Waals surface area contributed by atoms with Crippen molar-refractivity contribution >= 4 is 34.1 Å². The highest BCUT2D eigenvalue weighted by Gasteiger charge is 2.19. The molecule has 0 aliphatic heterocycles. The van der Waals surface area contributed by atoms with Crippen LogP contribution in [0.5, 0.6) is 5.88 Å². The molecule has 0 aliphatic rings. The first-order valence-electron chi connectivity index (χ1n) is 6.93. The van der Waals surface area contributed by atoms with Gasteiger partial charge in [-0.25, -0.2) is 9.97 Å². The second-order valence-electron chi connectivity index (χ2n) is 4.93. The van der Waals surface area contributed by atoms with Gasteiger partial charge in [0.1, 0.15) is 11.4 Å². The Bertz CT molecular complexity index is 883. The van der Waals surface area contributed by atoms with E-state index in [2.05, 4.69) is 9.97 Å². The van der Waals surface area contributed by atoms with Crippen LogP contribution in [0.25, 0.3) is 10.9 Å². The number of halogens is 1. The summed E-state index contributed by atoms with van der Waals surface area (Å²) >= 11 is 5.99. The molecule has 1 aromatic carbocycles. The van der Waals surface area contributed by atoms with E-state index in [1.54, 1.807) is 43.6 Å². The summed E-state index contributed by atoms with van der Waals surface area (Å²) in [6.07, 6.45) is 1.61. The molecule has 2 aromatic heterocycles. The van der Waals surface area contributed by atoms with Gasteiger partial charge in [0.05, 0.1) is 12.6 Å². The normalized spacial score (nSPS) is 10.6. The Morgan fingerprint density at radius 3 is 2.78 bits per heavy atom. The quantitative estimate of drug-likeness (QED) is 0.738. The standard InChI is InChI=1S/C17H14ClN3O2/c1-21(15-4-3-9-19-16(15)23-2)17(22)13-8-6-11-5-7-12(18)10-14(11)20-13/h3-10H,1-2H3. The number of amides is 1. The summed E-state index contributed by atoms with van der Waals surface area (Å²) < 4.78 is 5.20. The van der Waals surface area contributed by atoms with Gasteiger partial charge < -0.3 is 9.64 Å². The fourth-order valence-electron chi connectivity index (χ4n) is 2.29. The number of ether oxygens (including phenoxy) is 1. The van der Waals surface area contributed by atoms with Crippen LogP contribution in [-0.2, 0) is 0 Å². The zero-order valence-electron chi connectivity index (χ0n) is 12.7. The van der Waals surface area contributed by atoms with Crippen molar-refractivity contribution in [1.82, 2.24) is 9.97 Å². The number of nitrogens with zero attached hydrogens (tertiary/aromatic N) is 3. The maximum absolute atomic E-state index is 12.7. The van der Waals surface area contributed by atoms with Crippen LogP contribution < -0.4 is 9.64 Å². The second kappa shape index (κ2) is 6.22. The minimum Gasteiger partial charge on any atom is -0.480 e. The number of hydrogen-bond acceptors (Lipinski definition) is 4. The largest absolute Gasteiger partial charge is 0.480 e. The summed E-state index contributed by atoms with van der Waals surface area (Å²) in [5.74, 6) is 0.130. The molecule has 3 aromatic rings. The number of methoxy groups -OCH3 is 1. The zero-order chi connectivity index (χ0) is 16.4. The number of pyridine rings is 2. The summed E-state index contributed by atoms with van der Waals surface area (Å²) in [5.41, 5.74) is 1.58. The van der Waals surface area contributed by atoms with Crippen LogP contribution in [0, 0.1) is 0 Å². The van der Waals surface area contributed by atoms with Crippen molar-refractivity contribution in [2.24, 2.45) is 0 Å². The van der Waals surface area contributed by atoms with E-state index in [0.717, 1.165) is 5.39 Å². The number of fused-ring (bicyclic) bond motifs is 1. The zero-order valence-corrected chi connectivity index (χ0v) is 13.4. The number of carbonyl (C=O) groups is 1. The van der Waals surface area contributed by atoms with E-state index in [4.69, 9.17) is 16.3 Å². The molecule has 0 atom stereocenters. The molecule has 0 aliphatic carbocycles. The van der Waals surface area contributed by atoms with Gasteiger partial charge in [-0.15, -0.1) is 0 Å². The number of rotatable bonds is 3. The number of carbonyl (C=O) groups excluding carboxylic acids is 1. The highest BCUT2D eigenvalue weighted by atomic mass is 35.5. The van der Waals surface area contributed by atoms with Crippen molar-refractivity contribution in [3.8, 4) is 5.88 Å². The van der Waals surface area contributed by atoms with Gasteiger partial charge in [0.25, 0.3) is 5.91 Å². The number of anilines is 1. The summed E-state index contributed by atoms with van der Waals surface area (Å²) in [6.45, 7) is 0. The van der Waals surface area contributed by atoms with Crippen LogP contribution in [0.15, 0.2) is 48.7 Å². The number of aromatic nitrogens is 2. The second-order valence-corrected chi connectivity index (χ2v) is 5.37. The Morgan fingerprint density at radius 1 is 1.22 bits per heavy atom. The van der Waals surface area contributed by atoms with Crippen LogP contribution in [-0.4, -0.2) is 30.0 Å². The van der Waals surface area contributed by atoms with E-state index in [1.165, 1.54) is 12.0 Å². The van der Waals surface area contributed by atoms with Gasteiger partial charge in [-0.3, -0.25) is 4.79 Å². The van der Waals surface area contributed by atoms with Gasteiger partial charge >= 0.3 is 0 Å². The highest BCUT2D eigenvalue weighted by Crippen LogP contribution is 2.25. The molecule has 0 saturated heterocycles. The molecule has 2 heterocycles. The molecule has 0 bridgehead atoms. The fraction of sp³-hybridized carbons (Fsp3) is 0.118. The van der Waals surface area contributed by atoms with E-state index in [1.807, 2.05) is 12.1 Å². The first-order chi connectivity index (χ1) is 11.1. The minimum absolute atomic E-state index is 0.252. The average molecular weight is 328 g/mol. The van der Waals surface area contributed by atoms with E-state index in [9.17, 15) is 4.79 Å². The smallest absolute Gasteiger partial charge is 0.276 e. The molecule has 5 nitrogen and oxygen atoms in total. The van der Waals surface area contributed by atoms with Gasteiger partial charge in [0.15, 0.2) is 0 Å². The van der Waals surface area contributed by atoms with E-state index in [0.29, 0.717) is 27.8 Å². The highest BCUT2D eigenvalue weighted by molar-refractivity contribution is 6.31.